The van der Waals surface area contributed by atoms with Gasteiger partial charge in [0.15, 0.2) is 0 Å². The number of carbonyl (C=O) groups excluding carboxylic acids is 1. The lowest BCUT2D eigenvalue weighted by atomic mass is 9.96. The molecule has 1 fully saturated rings. The molecule has 1 N–H and O–H groups in total. The second kappa shape index (κ2) is 6.60. The molecule has 1 aliphatic heterocycles. The van der Waals surface area contributed by atoms with Crippen LogP contribution in [-0.2, 0) is 7.05 Å². The molecular weight excluding hydrogens is 300 g/mol. The molecule has 0 aliphatic carbocycles. The van der Waals surface area contributed by atoms with Crippen LogP contribution in [0.2, 0.25) is 0 Å². The van der Waals surface area contributed by atoms with Gasteiger partial charge in [-0.05, 0) is 58.2 Å². The Morgan fingerprint density at radius 1 is 1.29 bits per heavy atom. The summed E-state index contributed by atoms with van der Waals surface area (Å²) in [5.41, 5.74) is 3.00. The van der Waals surface area contributed by atoms with Crippen molar-refractivity contribution < 1.29 is 14.4 Å². The van der Waals surface area contributed by atoms with Gasteiger partial charge in [-0.15, -0.1) is 0 Å². The Bertz CT molecular complexity index is 753. The number of piperidine rings is 1. The van der Waals surface area contributed by atoms with E-state index >= 15 is 0 Å². The number of likely N-dealkylation sites (tertiary alicyclic amines) is 1. The SMILES string of the molecule is COc1ccc2c(c1)c(C(=O)C[NH+]1[C@H](C)CCC[C@@H]1C)c(C)n2C. The zero-order valence-corrected chi connectivity index (χ0v) is 15.5. The quantitative estimate of drug-likeness (QED) is 0.875. The lowest BCUT2D eigenvalue weighted by Gasteiger charge is -2.35. The number of carbonyl (C=O) groups is 1. The monoisotopic (exact) mass is 329 g/mol. The zero-order valence-electron chi connectivity index (χ0n) is 15.5. The van der Waals surface area contributed by atoms with E-state index in [9.17, 15) is 4.79 Å². The van der Waals surface area contributed by atoms with E-state index in [1.54, 1.807) is 7.11 Å². The largest absolute Gasteiger partial charge is 0.497 e. The second-order valence-electron chi connectivity index (χ2n) is 7.31. The molecule has 1 aromatic heterocycles. The maximum atomic E-state index is 13.2. The van der Waals surface area contributed by atoms with Crippen LogP contribution in [0, 0.1) is 6.92 Å². The Labute approximate surface area is 144 Å². The molecule has 0 spiro atoms. The molecule has 0 amide bonds. The molecule has 4 nitrogen and oxygen atoms in total. The first-order valence-electron chi connectivity index (χ1n) is 8.95. The van der Waals surface area contributed by atoms with Crippen LogP contribution >= 0.6 is 0 Å². The lowest BCUT2D eigenvalue weighted by molar-refractivity contribution is -0.943. The summed E-state index contributed by atoms with van der Waals surface area (Å²) >= 11 is 0. The first kappa shape index (κ1) is 17.0. The highest BCUT2D eigenvalue weighted by Crippen LogP contribution is 2.28. The summed E-state index contributed by atoms with van der Waals surface area (Å²) in [5.74, 6) is 1.05. The molecule has 24 heavy (non-hydrogen) atoms. The van der Waals surface area contributed by atoms with Gasteiger partial charge in [0.05, 0.1) is 24.8 Å². The van der Waals surface area contributed by atoms with Crippen molar-refractivity contribution >= 4 is 16.7 Å². The van der Waals surface area contributed by atoms with Gasteiger partial charge in [-0.25, -0.2) is 0 Å². The van der Waals surface area contributed by atoms with Crippen LogP contribution in [0.4, 0.5) is 0 Å². The van der Waals surface area contributed by atoms with Crippen molar-refractivity contribution in [2.24, 2.45) is 7.05 Å². The van der Waals surface area contributed by atoms with E-state index in [-0.39, 0.29) is 5.78 Å². The van der Waals surface area contributed by atoms with Gasteiger partial charge in [-0.3, -0.25) is 4.79 Å². The number of ether oxygens (including phenoxy) is 1. The number of aromatic nitrogens is 1. The number of fused-ring (bicyclic) bond motifs is 1. The number of nitrogens with one attached hydrogen (secondary N) is 1. The molecule has 3 rings (SSSR count). The number of benzene rings is 1. The average molecular weight is 329 g/mol. The predicted molar refractivity (Wildman–Crippen MR) is 97.1 cm³/mol. The van der Waals surface area contributed by atoms with Crippen LogP contribution < -0.4 is 9.64 Å². The normalized spacial score (nSPS) is 24.3. The molecule has 4 heteroatoms. The highest BCUT2D eigenvalue weighted by molar-refractivity contribution is 6.10. The Morgan fingerprint density at radius 3 is 2.58 bits per heavy atom. The summed E-state index contributed by atoms with van der Waals surface area (Å²) in [6, 6.07) is 7.10. The second-order valence-corrected chi connectivity index (χ2v) is 7.31. The van der Waals surface area contributed by atoms with E-state index in [4.69, 9.17) is 4.74 Å². The van der Waals surface area contributed by atoms with Crippen molar-refractivity contribution in [2.45, 2.75) is 52.1 Å². The van der Waals surface area contributed by atoms with Gasteiger partial charge in [-0.1, -0.05) is 0 Å². The third-order valence-electron chi connectivity index (χ3n) is 5.88. The van der Waals surface area contributed by atoms with Gasteiger partial charge >= 0.3 is 0 Å². The fourth-order valence-corrected chi connectivity index (χ4v) is 4.24. The smallest absolute Gasteiger partial charge is 0.219 e. The number of Topliss-reactive ketones (excluding diaryl/α,β-unsaturated/α-hetero) is 1. The van der Waals surface area contributed by atoms with E-state index in [1.165, 1.54) is 24.2 Å². The van der Waals surface area contributed by atoms with E-state index in [0.29, 0.717) is 18.6 Å². The molecule has 1 unspecified atom stereocenters. The van der Waals surface area contributed by atoms with E-state index in [2.05, 4.69) is 18.4 Å². The molecule has 2 aromatic rings. The van der Waals surface area contributed by atoms with Crippen LogP contribution in [0.15, 0.2) is 18.2 Å². The fourth-order valence-electron chi connectivity index (χ4n) is 4.24. The number of nitrogens with zero attached hydrogens (tertiary/aromatic N) is 1. The summed E-state index contributed by atoms with van der Waals surface area (Å²) in [4.78, 5) is 14.6. The maximum Gasteiger partial charge on any atom is 0.219 e. The Kier molecular flexibility index (Phi) is 4.68. The molecule has 1 saturated heterocycles. The number of aryl methyl sites for hydroxylation is 1. The Balaban J connectivity index is 1.98. The first-order chi connectivity index (χ1) is 11.4. The molecule has 2 heterocycles. The highest BCUT2D eigenvalue weighted by atomic mass is 16.5. The van der Waals surface area contributed by atoms with Crippen LogP contribution in [0.3, 0.4) is 0 Å². The third kappa shape index (κ3) is 2.84. The van der Waals surface area contributed by atoms with Gasteiger partial charge in [0.25, 0.3) is 0 Å². The van der Waals surface area contributed by atoms with Crippen LogP contribution in [0.5, 0.6) is 5.75 Å². The molecule has 3 atom stereocenters. The number of quaternary nitrogens is 1. The fraction of sp³-hybridized carbons (Fsp3) is 0.550. The summed E-state index contributed by atoms with van der Waals surface area (Å²) in [6.07, 6.45) is 3.72. The molecule has 0 bridgehead atoms. The molecule has 1 aromatic carbocycles. The highest BCUT2D eigenvalue weighted by Gasteiger charge is 2.32. The predicted octanol–water partition coefficient (Wildman–Crippen LogP) is 2.52. The van der Waals surface area contributed by atoms with Crippen molar-refractivity contribution in [3.63, 3.8) is 0 Å². The number of hydrogen-bond donors (Lipinski definition) is 1. The minimum absolute atomic E-state index is 0.252. The number of rotatable bonds is 4. The van der Waals surface area contributed by atoms with Crippen molar-refractivity contribution in [3.8, 4) is 5.75 Å². The van der Waals surface area contributed by atoms with Crippen molar-refractivity contribution in [3.05, 3.63) is 29.5 Å². The maximum absolute atomic E-state index is 13.2. The standard InChI is InChI=1S/C20H28N2O2/c1-13-7-6-8-14(2)22(13)12-19(23)20-15(3)21(4)18-10-9-16(24-5)11-17(18)20/h9-11,13-14H,6-8,12H2,1-5H3/p+1/t13-,14+. The average Bonchev–Trinajstić information content (AvgIpc) is 2.81. The number of ketones is 1. The lowest BCUT2D eigenvalue weighted by Crippen LogP contribution is -3.20. The number of hydrogen-bond acceptors (Lipinski definition) is 2. The molecule has 1 aliphatic rings. The van der Waals surface area contributed by atoms with Crippen molar-refractivity contribution in [1.29, 1.82) is 0 Å². The van der Waals surface area contributed by atoms with Crippen molar-refractivity contribution in [2.75, 3.05) is 13.7 Å². The van der Waals surface area contributed by atoms with Gasteiger partial charge in [-0.2, -0.15) is 0 Å². The Hall–Kier alpha value is -1.81. The summed E-state index contributed by atoms with van der Waals surface area (Å²) in [7, 11) is 3.69. The summed E-state index contributed by atoms with van der Waals surface area (Å²) < 4.78 is 7.48. The minimum Gasteiger partial charge on any atom is -0.497 e. The third-order valence-corrected chi connectivity index (χ3v) is 5.88. The van der Waals surface area contributed by atoms with Gasteiger partial charge < -0.3 is 14.2 Å². The molecule has 130 valence electrons. The summed E-state index contributed by atoms with van der Waals surface area (Å²) in [5, 5.41) is 1.01. The molecule has 0 radical (unpaired) electrons. The Morgan fingerprint density at radius 2 is 1.96 bits per heavy atom. The number of methoxy groups -OCH3 is 1. The molecular formula is C20H29N2O2+. The minimum atomic E-state index is 0.252. The van der Waals surface area contributed by atoms with Gasteiger partial charge in [0.1, 0.15) is 12.3 Å². The van der Waals surface area contributed by atoms with Crippen LogP contribution in [-0.4, -0.2) is 36.1 Å². The van der Waals surface area contributed by atoms with Crippen LogP contribution in [0.1, 0.15) is 49.2 Å². The topological polar surface area (TPSA) is 35.7 Å². The zero-order chi connectivity index (χ0) is 17.4. The molecule has 0 saturated carbocycles. The van der Waals surface area contributed by atoms with Crippen LogP contribution in [0.25, 0.3) is 10.9 Å². The van der Waals surface area contributed by atoms with E-state index in [0.717, 1.165) is 27.9 Å². The van der Waals surface area contributed by atoms with Crippen molar-refractivity contribution in [1.82, 2.24) is 4.57 Å². The van der Waals surface area contributed by atoms with Gasteiger partial charge in [0, 0.05) is 23.6 Å². The first-order valence-corrected chi connectivity index (χ1v) is 8.95. The van der Waals surface area contributed by atoms with E-state index < -0.39 is 0 Å². The summed E-state index contributed by atoms with van der Waals surface area (Å²) in [6.45, 7) is 7.17. The van der Waals surface area contributed by atoms with Gasteiger partial charge in [0.2, 0.25) is 5.78 Å². The van der Waals surface area contributed by atoms with E-state index in [1.807, 2.05) is 32.2 Å².